The second kappa shape index (κ2) is 9.76. The molecule has 0 spiro atoms. The lowest BCUT2D eigenvalue weighted by atomic mass is 10.1. The van der Waals surface area contributed by atoms with E-state index in [9.17, 15) is 9.59 Å². The predicted octanol–water partition coefficient (Wildman–Crippen LogP) is 4.19. The summed E-state index contributed by atoms with van der Waals surface area (Å²) in [6, 6.07) is 13.0. The van der Waals surface area contributed by atoms with E-state index in [0.29, 0.717) is 18.7 Å². The molecule has 0 atom stereocenters. The zero-order valence-electron chi connectivity index (χ0n) is 16.5. The van der Waals surface area contributed by atoms with Gasteiger partial charge in [-0.15, -0.1) is 0 Å². The number of aryl methyl sites for hydroxylation is 2. The number of hydrogen-bond acceptors (Lipinski definition) is 3. The van der Waals surface area contributed by atoms with Gasteiger partial charge in [0.2, 0.25) is 5.91 Å². The van der Waals surface area contributed by atoms with E-state index < -0.39 is 0 Å². The SMILES string of the molecule is CCCN(CC(=O)Nc1ccccc1C)C(=O)c1ccc(OCC)c(C)c1. The number of rotatable bonds is 8. The quantitative estimate of drug-likeness (QED) is 0.760. The van der Waals surface area contributed by atoms with Gasteiger partial charge in [-0.2, -0.15) is 0 Å². The fraction of sp³-hybridized carbons (Fsp3) is 0.364. The zero-order valence-corrected chi connectivity index (χ0v) is 16.5. The van der Waals surface area contributed by atoms with E-state index in [2.05, 4.69) is 5.32 Å². The molecule has 0 aliphatic carbocycles. The molecular formula is C22H28N2O3. The van der Waals surface area contributed by atoms with Gasteiger partial charge in [-0.3, -0.25) is 9.59 Å². The Hall–Kier alpha value is -2.82. The van der Waals surface area contributed by atoms with Crippen molar-refractivity contribution >= 4 is 17.5 Å². The Morgan fingerprint density at radius 1 is 1.04 bits per heavy atom. The summed E-state index contributed by atoms with van der Waals surface area (Å²) in [6.45, 7) is 8.89. The summed E-state index contributed by atoms with van der Waals surface area (Å²) in [5.41, 5.74) is 3.22. The third-order valence-corrected chi connectivity index (χ3v) is 4.26. The van der Waals surface area contributed by atoms with Crippen molar-refractivity contribution in [3.05, 3.63) is 59.2 Å². The van der Waals surface area contributed by atoms with Crippen LogP contribution in [0.2, 0.25) is 0 Å². The number of amides is 2. The molecule has 2 aromatic carbocycles. The van der Waals surface area contributed by atoms with Gasteiger partial charge in [-0.05, 0) is 62.6 Å². The molecule has 0 unspecified atom stereocenters. The van der Waals surface area contributed by atoms with Gasteiger partial charge in [-0.1, -0.05) is 25.1 Å². The Labute approximate surface area is 161 Å². The Morgan fingerprint density at radius 2 is 1.78 bits per heavy atom. The molecule has 5 heteroatoms. The normalized spacial score (nSPS) is 10.4. The highest BCUT2D eigenvalue weighted by atomic mass is 16.5. The molecule has 2 aromatic rings. The van der Waals surface area contributed by atoms with E-state index in [1.165, 1.54) is 0 Å². The number of carbonyl (C=O) groups is 2. The van der Waals surface area contributed by atoms with Crippen LogP contribution in [0, 0.1) is 13.8 Å². The number of anilines is 1. The first-order chi connectivity index (χ1) is 13.0. The molecule has 1 N–H and O–H groups in total. The molecular weight excluding hydrogens is 340 g/mol. The predicted molar refractivity (Wildman–Crippen MR) is 108 cm³/mol. The van der Waals surface area contributed by atoms with Crippen molar-refractivity contribution in [3.8, 4) is 5.75 Å². The third kappa shape index (κ3) is 5.58. The second-order valence-corrected chi connectivity index (χ2v) is 6.50. The van der Waals surface area contributed by atoms with Gasteiger partial charge >= 0.3 is 0 Å². The minimum absolute atomic E-state index is 0.0211. The molecule has 2 amide bonds. The van der Waals surface area contributed by atoms with Crippen LogP contribution in [0.15, 0.2) is 42.5 Å². The summed E-state index contributed by atoms with van der Waals surface area (Å²) in [4.78, 5) is 27.0. The minimum Gasteiger partial charge on any atom is -0.494 e. The molecule has 27 heavy (non-hydrogen) atoms. The van der Waals surface area contributed by atoms with Crippen LogP contribution in [0.5, 0.6) is 5.75 Å². The molecule has 0 radical (unpaired) electrons. The number of para-hydroxylation sites is 1. The van der Waals surface area contributed by atoms with Crippen molar-refractivity contribution in [2.75, 3.05) is 25.0 Å². The lowest BCUT2D eigenvalue weighted by molar-refractivity contribution is -0.116. The van der Waals surface area contributed by atoms with Crippen molar-refractivity contribution in [3.63, 3.8) is 0 Å². The van der Waals surface area contributed by atoms with Gasteiger partial charge < -0.3 is 15.0 Å². The maximum atomic E-state index is 12.9. The van der Waals surface area contributed by atoms with Crippen LogP contribution in [0.3, 0.4) is 0 Å². The number of nitrogens with one attached hydrogen (secondary N) is 1. The van der Waals surface area contributed by atoms with E-state index in [-0.39, 0.29) is 18.4 Å². The molecule has 144 valence electrons. The largest absolute Gasteiger partial charge is 0.494 e. The van der Waals surface area contributed by atoms with Crippen molar-refractivity contribution in [1.29, 1.82) is 0 Å². The van der Waals surface area contributed by atoms with Crippen molar-refractivity contribution in [2.24, 2.45) is 0 Å². The highest BCUT2D eigenvalue weighted by molar-refractivity contribution is 5.99. The van der Waals surface area contributed by atoms with Crippen molar-refractivity contribution in [2.45, 2.75) is 34.1 Å². The smallest absolute Gasteiger partial charge is 0.254 e. The molecule has 2 rings (SSSR count). The minimum atomic E-state index is -0.200. The first-order valence-corrected chi connectivity index (χ1v) is 9.34. The summed E-state index contributed by atoms with van der Waals surface area (Å²) in [5.74, 6) is 0.421. The zero-order chi connectivity index (χ0) is 19.8. The summed E-state index contributed by atoms with van der Waals surface area (Å²) in [5, 5.41) is 2.89. The Bertz CT molecular complexity index is 802. The summed E-state index contributed by atoms with van der Waals surface area (Å²) >= 11 is 0. The fourth-order valence-corrected chi connectivity index (χ4v) is 2.88. The van der Waals surface area contributed by atoms with Crippen LogP contribution in [0.4, 0.5) is 5.69 Å². The summed E-state index contributed by atoms with van der Waals surface area (Å²) in [6.07, 6.45) is 0.777. The lowest BCUT2D eigenvalue weighted by Gasteiger charge is -2.22. The fourth-order valence-electron chi connectivity index (χ4n) is 2.88. The van der Waals surface area contributed by atoms with E-state index >= 15 is 0 Å². The van der Waals surface area contributed by atoms with Crippen LogP contribution in [-0.2, 0) is 4.79 Å². The van der Waals surface area contributed by atoms with E-state index in [0.717, 1.165) is 29.0 Å². The van der Waals surface area contributed by atoms with Gasteiger partial charge in [-0.25, -0.2) is 0 Å². The average Bonchev–Trinajstić information content (AvgIpc) is 2.64. The van der Waals surface area contributed by atoms with Gasteiger partial charge in [0.25, 0.3) is 5.91 Å². The Balaban J connectivity index is 2.11. The standard InChI is InChI=1S/C22H28N2O3/c1-5-13-24(15-21(25)23-19-10-8-7-9-16(19)3)22(26)18-11-12-20(27-6-2)17(4)14-18/h7-12,14H,5-6,13,15H2,1-4H3,(H,23,25). The molecule has 0 saturated heterocycles. The van der Waals surface area contributed by atoms with E-state index in [1.54, 1.807) is 11.0 Å². The highest BCUT2D eigenvalue weighted by Gasteiger charge is 2.19. The van der Waals surface area contributed by atoms with E-state index in [4.69, 9.17) is 4.74 Å². The van der Waals surface area contributed by atoms with Gasteiger partial charge in [0.1, 0.15) is 12.3 Å². The topological polar surface area (TPSA) is 58.6 Å². The molecule has 0 aliphatic heterocycles. The molecule has 0 heterocycles. The Kier molecular flexibility index (Phi) is 7.41. The molecule has 0 saturated carbocycles. The van der Waals surface area contributed by atoms with Crippen LogP contribution in [0.25, 0.3) is 0 Å². The van der Waals surface area contributed by atoms with Gasteiger partial charge in [0.05, 0.1) is 6.61 Å². The van der Waals surface area contributed by atoms with Crippen LogP contribution in [-0.4, -0.2) is 36.4 Å². The van der Waals surface area contributed by atoms with Crippen molar-refractivity contribution in [1.82, 2.24) is 4.90 Å². The van der Waals surface area contributed by atoms with Crippen LogP contribution >= 0.6 is 0 Å². The number of nitrogens with zero attached hydrogens (tertiary/aromatic N) is 1. The summed E-state index contributed by atoms with van der Waals surface area (Å²) < 4.78 is 5.53. The van der Waals surface area contributed by atoms with E-state index in [1.807, 2.05) is 64.1 Å². The van der Waals surface area contributed by atoms with Crippen molar-refractivity contribution < 1.29 is 14.3 Å². The summed E-state index contributed by atoms with van der Waals surface area (Å²) in [7, 11) is 0. The van der Waals surface area contributed by atoms with Crippen LogP contribution in [0.1, 0.15) is 41.8 Å². The number of benzene rings is 2. The Morgan fingerprint density at radius 3 is 2.41 bits per heavy atom. The number of ether oxygens (including phenoxy) is 1. The second-order valence-electron chi connectivity index (χ2n) is 6.50. The number of hydrogen-bond donors (Lipinski definition) is 1. The highest BCUT2D eigenvalue weighted by Crippen LogP contribution is 2.20. The monoisotopic (exact) mass is 368 g/mol. The van der Waals surface area contributed by atoms with Gasteiger partial charge in [0, 0.05) is 17.8 Å². The third-order valence-electron chi connectivity index (χ3n) is 4.26. The molecule has 0 aromatic heterocycles. The first-order valence-electron chi connectivity index (χ1n) is 9.34. The van der Waals surface area contributed by atoms with Crippen LogP contribution < -0.4 is 10.1 Å². The molecule has 0 fully saturated rings. The maximum Gasteiger partial charge on any atom is 0.254 e. The molecule has 0 aliphatic rings. The maximum absolute atomic E-state index is 12.9. The molecule has 0 bridgehead atoms. The van der Waals surface area contributed by atoms with Gasteiger partial charge in [0.15, 0.2) is 0 Å². The first kappa shape index (κ1) is 20.5. The average molecular weight is 368 g/mol. The number of carbonyl (C=O) groups excluding carboxylic acids is 2. The molecule has 5 nitrogen and oxygen atoms in total. The lowest BCUT2D eigenvalue weighted by Crippen LogP contribution is -2.38.